The summed E-state index contributed by atoms with van der Waals surface area (Å²) in [6.45, 7) is 8.65. The normalized spacial score (nSPS) is 11.5. The van der Waals surface area contributed by atoms with Crippen LogP contribution in [0.2, 0.25) is 0 Å². The molecule has 0 saturated heterocycles. The zero-order valence-electron chi connectivity index (χ0n) is 26.0. The van der Waals surface area contributed by atoms with Crippen LogP contribution >= 0.6 is 0 Å². The number of hydrogen-bond acceptors (Lipinski definition) is 8. The van der Waals surface area contributed by atoms with Crippen molar-refractivity contribution in [2.24, 2.45) is 5.92 Å². The van der Waals surface area contributed by atoms with Crippen molar-refractivity contribution in [2.45, 2.75) is 46.5 Å². The van der Waals surface area contributed by atoms with Gasteiger partial charge in [-0.2, -0.15) is 0 Å². The number of esters is 2. The molecule has 3 rings (SSSR count). The first kappa shape index (κ1) is 34.4. The molecule has 236 valence electrons. The van der Waals surface area contributed by atoms with E-state index in [2.05, 4.69) is 62.9 Å². The Labute approximate surface area is 260 Å². The van der Waals surface area contributed by atoms with Crippen molar-refractivity contribution >= 4 is 11.9 Å². The highest BCUT2D eigenvalue weighted by molar-refractivity contribution is 5.87. The Bertz CT molecular complexity index is 1380. The summed E-state index contributed by atoms with van der Waals surface area (Å²) in [5, 5.41) is 18.2. The maximum Gasteiger partial charge on any atom is 0.335 e. The summed E-state index contributed by atoms with van der Waals surface area (Å²) in [5.41, 5.74) is 6.70. The Balaban J connectivity index is 1.74. The lowest BCUT2D eigenvalue weighted by Crippen LogP contribution is -2.20. The summed E-state index contributed by atoms with van der Waals surface area (Å²) in [6.07, 6.45) is 4.77. The Morgan fingerprint density at radius 1 is 0.795 bits per heavy atom. The molecule has 0 spiro atoms. The number of carbonyl (C=O) groups is 2. The van der Waals surface area contributed by atoms with Gasteiger partial charge in [-0.15, -0.1) is 0 Å². The van der Waals surface area contributed by atoms with Crippen molar-refractivity contribution in [3.8, 4) is 33.8 Å². The number of aliphatic hydroxyl groups is 2. The van der Waals surface area contributed by atoms with Crippen LogP contribution in [0.4, 0.5) is 0 Å². The molecule has 44 heavy (non-hydrogen) atoms. The fourth-order valence-electron chi connectivity index (χ4n) is 4.48. The largest absolute Gasteiger partial charge is 0.486 e. The number of rotatable bonds is 18. The molecule has 1 unspecified atom stereocenters. The van der Waals surface area contributed by atoms with Gasteiger partial charge in [0.1, 0.15) is 26.4 Å². The van der Waals surface area contributed by atoms with E-state index in [1.807, 2.05) is 12.1 Å². The highest BCUT2D eigenvalue weighted by atomic mass is 16.6. The molecule has 8 heteroatoms. The van der Waals surface area contributed by atoms with Crippen LogP contribution in [0.3, 0.4) is 0 Å². The number of aryl methyl sites for hydroxylation is 2. The van der Waals surface area contributed by atoms with E-state index in [0.717, 1.165) is 23.1 Å². The number of carbonyl (C=O) groups excluding carboxylic acids is 2. The number of unbranched alkanes of at least 4 members (excludes halogenated alkanes) is 2. The summed E-state index contributed by atoms with van der Waals surface area (Å²) in [4.78, 5) is 23.6. The molecule has 0 amide bonds. The fraction of sp³-hybridized carbons (Fsp3) is 0.389. The SMILES string of the molecule is C=C(CO)C(=O)OCCOc1cc(-c2ccc(-c3ccc(CCCCC)cc3)c(C)c2)ccc1OCCOC(=O)C(C)CO. The van der Waals surface area contributed by atoms with Gasteiger partial charge in [-0.25, -0.2) is 4.79 Å². The van der Waals surface area contributed by atoms with Crippen LogP contribution < -0.4 is 9.47 Å². The molecule has 0 radical (unpaired) electrons. The zero-order chi connectivity index (χ0) is 31.9. The van der Waals surface area contributed by atoms with E-state index in [1.54, 1.807) is 13.0 Å². The molecule has 0 aliphatic heterocycles. The number of ether oxygens (including phenoxy) is 4. The monoisotopic (exact) mass is 604 g/mol. The van der Waals surface area contributed by atoms with Crippen molar-refractivity contribution in [1.82, 2.24) is 0 Å². The van der Waals surface area contributed by atoms with E-state index in [9.17, 15) is 9.59 Å². The third-order valence-corrected chi connectivity index (χ3v) is 7.15. The molecule has 0 fully saturated rings. The van der Waals surface area contributed by atoms with Gasteiger partial charge >= 0.3 is 11.9 Å². The summed E-state index contributed by atoms with van der Waals surface area (Å²) in [6, 6.07) is 20.7. The van der Waals surface area contributed by atoms with Crippen LogP contribution in [0.1, 0.15) is 44.2 Å². The molecule has 8 nitrogen and oxygen atoms in total. The van der Waals surface area contributed by atoms with E-state index in [4.69, 9.17) is 29.2 Å². The lowest BCUT2D eigenvalue weighted by Gasteiger charge is -2.16. The first-order chi connectivity index (χ1) is 21.3. The van der Waals surface area contributed by atoms with Gasteiger partial charge in [-0.05, 0) is 72.2 Å². The third kappa shape index (κ3) is 10.2. The summed E-state index contributed by atoms with van der Waals surface area (Å²) in [5.74, 6) is -0.950. The van der Waals surface area contributed by atoms with Crippen molar-refractivity contribution in [3.05, 3.63) is 83.9 Å². The van der Waals surface area contributed by atoms with E-state index < -0.39 is 24.5 Å². The van der Waals surface area contributed by atoms with Crippen molar-refractivity contribution in [1.29, 1.82) is 0 Å². The van der Waals surface area contributed by atoms with Gasteiger partial charge in [0.05, 0.1) is 24.7 Å². The molecule has 0 saturated carbocycles. The minimum absolute atomic E-state index is 0.00558. The molecule has 0 aliphatic carbocycles. The van der Waals surface area contributed by atoms with Crippen LogP contribution in [0.5, 0.6) is 11.5 Å². The number of hydrogen-bond donors (Lipinski definition) is 2. The fourth-order valence-corrected chi connectivity index (χ4v) is 4.48. The van der Waals surface area contributed by atoms with Gasteiger partial charge in [0.25, 0.3) is 0 Å². The smallest absolute Gasteiger partial charge is 0.335 e. The van der Waals surface area contributed by atoms with Gasteiger partial charge in [0.15, 0.2) is 11.5 Å². The Morgan fingerprint density at radius 2 is 1.43 bits per heavy atom. The molecule has 0 bridgehead atoms. The minimum Gasteiger partial charge on any atom is -0.486 e. The lowest BCUT2D eigenvalue weighted by molar-refractivity contribution is -0.150. The average Bonchev–Trinajstić information content (AvgIpc) is 3.04. The lowest BCUT2D eigenvalue weighted by atomic mass is 9.94. The maximum absolute atomic E-state index is 11.8. The molecular formula is C36H44O8. The van der Waals surface area contributed by atoms with Crippen LogP contribution in [0.15, 0.2) is 72.8 Å². The predicted molar refractivity (Wildman–Crippen MR) is 171 cm³/mol. The number of aliphatic hydroxyl groups excluding tert-OH is 2. The van der Waals surface area contributed by atoms with Gasteiger partial charge in [0.2, 0.25) is 0 Å². The maximum atomic E-state index is 11.8. The Morgan fingerprint density at radius 3 is 2.09 bits per heavy atom. The van der Waals surface area contributed by atoms with Gasteiger partial charge < -0.3 is 29.2 Å². The first-order valence-electron chi connectivity index (χ1n) is 15.1. The highest BCUT2D eigenvalue weighted by Gasteiger charge is 2.14. The first-order valence-corrected chi connectivity index (χ1v) is 15.1. The standard InChI is InChI=1S/C36H44O8/c1-5-6-7-8-28-9-11-29(12-10-28)32-15-13-30(21-25(32)2)31-14-16-33(41-17-19-43-35(39)26(3)23-37)34(22-31)42-18-20-44-36(40)27(4)24-38/h9-16,21-22,26,37-38H,4-8,17-20,23-24H2,1-3H3. The molecule has 3 aromatic carbocycles. The van der Waals surface area contributed by atoms with E-state index in [-0.39, 0.29) is 38.6 Å². The summed E-state index contributed by atoms with van der Waals surface area (Å²) in [7, 11) is 0. The van der Waals surface area contributed by atoms with E-state index >= 15 is 0 Å². The molecule has 0 aromatic heterocycles. The Kier molecular flexibility index (Phi) is 13.9. The summed E-state index contributed by atoms with van der Waals surface area (Å²) >= 11 is 0. The molecule has 2 N–H and O–H groups in total. The second-order valence-corrected chi connectivity index (χ2v) is 10.7. The van der Waals surface area contributed by atoms with Crippen LogP contribution in [0, 0.1) is 12.8 Å². The highest BCUT2D eigenvalue weighted by Crippen LogP contribution is 2.35. The molecular weight excluding hydrogens is 560 g/mol. The number of benzene rings is 3. The van der Waals surface area contributed by atoms with Gasteiger partial charge in [-0.3, -0.25) is 4.79 Å². The minimum atomic E-state index is -0.693. The van der Waals surface area contributed by atoms with Crippen LogP contribution in [0.25, 0.3) is 22.3 Å². The van der Waals surface area contributed by atoms with Crippen molar-refractivity contribution in [2.75, 3.05) is 39.6 Å². The molecule has 0 heterocycles. The Hall–Kier alpha value is -4.14. The van der Waals surface area contributed by atoms with Crippen molar-refractivity contribution < 1.29 is 38.7 Å². The third-order valence-electron chi connectivity index (χ3n) is 7.15. The van der Waals surface area contributed by atoms with Crippen LogP contribution in [-0.4, -0.2) is 61.8 Å². The van der Waals surface area contributed by atoms with Gasteiger partial charge in [0, 0.05) is 0 Å². The molecule has 1 atom stereocenters. The molecule has 0 aliphatic rings. The van der Waals surface area contributed by atoms with Crippen LogP contribution in [-0.2, 0) is 25.5 Å². The quantitative estimate of drug-likeness (QED) is 0.102. The van der Waals surface area contributed by atoms with E-state index in [0.29, 0.717) is 11.5 Å². The topological polar surface area (TPSA) is 112 Å². The van der Waals surface area contributed by atoms with E-state index in [1.165, 1.54) is 36.0 Å². The van der Waals surface area contributed by atoms with Gasteiger partial charge in [-0.1, -0.05) is 74.9 Å². The zero-order valence-corrected chi connectivity index (χ0v) is 26.0. The summed E-state index contributed by atoms with van der Waals surface area (Å²) < 4.78 is 22.0. The molecule has 3 aromatic rings. The van der Waals surface area contributed by atoms with Crippen molar-refractivity contribution in [3.63, 3.8) is 0 Å². The second-order valence-electron chi connectivity index (χ2n) is 10.7. The predicted octanol–water partition coefficient (Wildman–Crippen LogP) is 6.08. The average molecular weight is 605 g/mol. The second kappa shape index (κ2) is 17.9.